The number of nitro benzene ring substituents is 1. The minimum atomic E-state index is -1.24. The van der Waals surface area contributed by atoms with Gasteiger partial charge in [-0.15, -0.1) is 0 Å². The number of hydrogen-bond donors (Lipinski definition) is 1. The van der Waals surface area contributed by atoms with E-state index < -0.39 is 29.5 Å². The molecule has 0 saturated carbocycles. The number of aromatic nitrogens is 1. The van der Waals surface area contributed by atoms with Gasteiger partial charge in [0.05, 0.1) is 27.8 Å². The first kappa shape index (κ1) is 25.0. The fourth-order valence-corrected chi connectivity index (χ4v) is 3.56. The molecule has 34 heavy (non-hydrogen) atoms. The number of anilines is 1. The van der Waals surface area contributed by atoms with Crippen LogP contribution in [0.3, 0.4) is 0 Å². The van der Waals surface area contributed by atoms with Crippen molar-refractivity contribution in [2.75, 3.05) is 19.0 Å². The van der Waals surface area contributed by atoms with Gasteiger partial charge in [0.15, 0.2) is 18.5 Å². The summed E-state index contributed by atoms with van der Waals surface area (Å²) in [5.41, 5.74) is 0.890. The third-order valence-corrected chi connectivity index (χ3v) is 5.23. The van der Waals surface area contributed by atoms with Gasteiger partial charge in [0.2, 0.25) is 0 Å². The third kappa shape index (κ3) is 5.64. The van der Waals surface area contributed by atoms with Crippen molar-refractivity contribution >= 4 is 57.4 Å². The number of ether oxygens (including phenoxy) is 3. The number of halogens is 2. The van der Waals surface area contributed by atoms with Crippen LogP contribution < -0.4 is 14.8 Å². The predicted octanol–water partition coefficient (Wildman–Crippen LogP) is 4.72. The monoisotopic (exact) mass is 507 g/mol. The van der Waals surface area contributed by atoms with E-state index in [1.165, 1.54) is 32.2 Å². The number of esters is 1. The summed E-state index contributed by atoms with van der Waals surface area (Å²) in [6.45, 7) is 2.57. The van der Waals surface area contributed by atoms with Crippen molar-refractivity contribution < 1.29 is 28.7 Å². The molecular weight excluding hydrogens is 489 g/mol. The number of carbonyl (C=O) groups excluding carboxylic acids is 2. The molecule has 1 aromatic heterocycles. The number of nitrogens with one attached hydrogen (secondary N) is 1. The van der Waals surface area contributed by atoms with Crippen LogP contribution in [0.2, 0.25) is 10.0 Å². The highest BCUT2D eigenvalue weighted by molar-refractivity contribution is 6.39. The summed E-state index contributed by atoms with van der Waals surface area (Å²) in [5, 5.41) is 14.6. The van der Waals surface area contributed by atoms with Crippen LogP contribution >= 0.6 is 23.2 Å². The first-order valence-corrected chi connectivity index (χ1v) is 10.6. The topological polar surface area (TPSA) is 130 Å². The van der Waals surface area contributed by atoms with E-state index in [-0.39, 0.29) is 27.9 Å². The smallest absolute Gasteiger partial charge is 0.344 e. The number of non-ortho nitro benzene ring substituents is 1. The number of rotatable bonds is 8. The molecule has 3 aromatic rings. The molecule has 0 aliphatic rings. The van der Waals surface area contributed by atoms with Crippen LogP contribution in [-0.4, -0.2) is 41.6 Å². The summed E-state index contributed by atoms with van der Waals surface area (Å²) in [6.07, 6.45) is -1.24. The highest BCUT2D eigenvalue weighted by atomic mass is 35.5. The Morgan fingerprint density at radius 1 is 1.18 bits per heavy atom. The van der Waals surface area contributed by atoms with Crippen LogP contribution in [0.1, 0.15) is 12.6 Å². The summed E-state index contributed by atoms with van der Waals surface area (Å²) >= 11 is 12.4. The predicted molar refractivity (Wildman–Crippen MR) is 126 cm³/mol. The van der Waals surface area contributed by atoms with E-state index in [4.69, 9.17) is 37.4 Å². The standard InChI is InChI=1S/C22H19Cl2N3O7/c1-11-4-6-14-15(23)9-16(24)21(20(14)25-11)33-10-19(28)34-12(2)22(29)26-17-8-13(27(30)31)5-7-18(17)32-3/h4-9,12H,10H2,1-3H3,(H,26,29). The molecule has 0 aliphatic heterocycles. The molecule has 0 spiro atoms. The van der Waals surface area contributed by atoms with Crippen LogP contribution in [0, 0.1) is 17.0 Å². The molecule has 12 heteroatoms. The maximum Gasteiger partial charge on any atom is 0.344 e. The lowest BCUT2D eigenvalue weighted by atomic mass is 10.2. The van der Waals surface area contributed by atoms with Crippen LogP contribution in [0.15, 0.2) is 36.4 Å². The number of aryl methyl sites for hydroxylation is 1. The normalized spacial score (nSPS) is 11.6. The first-order valence-electron chi connectivity index (χ1n) is 9.81. The molecule has 0 fully saturated rings. The van der Waals surface area contributed by atoms with Crippen LogP contribution in [0.5, 0.6) is 11.5 Å². The zero-order valence-corrected chi connectivity index (χ0v) is 19.8. The van der Waals surface area contributed by atoms with E-state index in [0.717, 1.165) is 6.07 Å². The minimum absolute atomic E-state index is 0.0571. The summed E-state index contributed by atoms with van der Waals surface area (Å²) in [6, 6.07) is 8.72. The lowest BCUT2D eigenvalue weighted by Gasteiger charge is -2.16. The van der Waals surface area contributed by atoms with Crippen molar-refractivity contribution in [3.63, 3.8) is 0 Å². The molecule has 0 bridgehead atoms. The SMILES string of the molecule is COc1ccc([N+](=O)[O-])cc1NC(=O)C(C)OC(=O)COc1c(Cl)cc(Cl)c2ccc(C)nc12. The maximum atomic E-state index is 12.5. The molecule has 1 unspecified atom stereocenters. The van der Waals surface area contributed by atoms with Crippen LogP contribution in [0.4, 0.5) is 11.4 Å². The second-order valence-corrected chi connectivity index (χ2v) is 7.88. The summed E-state index contributed by atoms with van der Waals surface area (Å²) in [5.74, 6) is -1.21. The molecule has 0 radical (unpaired) electrons. The Morgan fingerprint density at radius 3 is 2.59 bits per heavy atom. The molecular formula is C22H19Cl2N3O7. The lowest BCUT2D eigenvalue weighted by Crippen LogP contribution is -2.31. The molecule has 178 valence electrons. The fraction of sp³-hybridized carbons (Fsp3) is 0.227. The van der Waals surface area contributed by atoms with Gasteiger partial charge < -0.3 is 19.5 Å². The number of amides is 1. The lowest BCUT2D eigenvalue weighted by molar-refractivity contribution is -0.384. The summed E-state index contributed by atoms with van der Waals surface area (Å²) < 4.78 is 15.8. The summed E-state index contributed by atoms with van der Waals surface area (Å²) in [4.78, 5) is 39.5. The fourth-order valence-electron chi connectivity index (χ4n) is 2.98. The van der Waals surface area contributed by atoms with Gasteiger partial charge in [0.25, 0.3) is 11.6 Å². The number of hydrogen-bond acceptors (Lipinski definition) is 8. The van der Waals surface area contributed by atoms with Crippen molar-refractivity contribution in [2.24, 2.45) is 0 Å². The van der Waals surface area contributed by atoms with Gasteiger partial charge in [-0.3, -0.25) is 14.9 Å². The van der Waals surface area contributed by atoms with E-state index in [9.17, 15) is 19.7 Å². The van der Waals surface area contributed by atoms with Gasteiger partial charge in [0, 0.05) is 23.2 Å². The highest BCUT2D eigenvalue weighted by Gasteiger charge is 2.22. The highest BCUT2D eigenvalue weighted by Crippen LogP contribution is 2.37. The second kappa shape index (κ2) is 10.5. The molecule has 0 saturated heterocycles. The van der Waals surface area contributed by atoms with E-state index in [1.807, 2.05) is 0 Å². The van der Waals surface area contributed by atoms with Gasteiger partial charge in [-0.1, -0.05) is 23.2 Å². The minimum Gasteiger partial charge on any atom is -0.495 e. The maximum absolute atomic E-state index is 12.5. The number of pyridine rings is 1. The Labute approximate surface area is 203 Å². The van der Waals surface area contributed by atoms with Gasteiger partial charge >= 0.3 is 5.97 Å². The molecule has 2 aromatic carbocycles. The number of nitro groups is 1. The van der Waals surface area contributed by atoms with Crippen LogP contribution in [0.25, 0.3) is 10.9 Å². The Morgan fingerprint density at radius 2 is 1.91 bits per heavy atom. The van der Waals surface area contributed by atoms with E-state index in [0.29, 0.717) is 21.6 Å². The Bertz CT molecular complexity index is 1280. The van der Waals surface area contributed by atoms with E-state index in [2.05, 4.69) is 10.3 Å². The molecule has 1 amide bonds. The number of carbonyl (C=O) groups is 2. The Kier molecular flexibility index (Phi) is 7.75. The van der Waals surface area contributed by atoms with Gasteiger partial charge in [-0.05, 0) is 38.1 Å². The summed E-state index contributed by atoms with van der Waals surface area (Å²) in [7, 11) is 1.35. The Balaban J connectivity index is 1.67. The molecule has 1 heterocycles. The average molecular weight is 508 g/mol. The van der Waals surface area contributed by atoms with E-state index in [1.54, 1.807) is 19.1 Å². The zero-order valence-electron chi connectivity index (χ0n) is 18.3. The van der Waals surface area contributed by atoms with Gasteiger partial charge in [-0.2, -0.15) is 0 Å². The first-order chi connectivity index (χ1) is 16.1. The third-order valence-electron chi connectivity index (χ3n) is 4.64. The quantitative estimate of drug-likeness (QED) is 0.263. The number of methoxy groups -OCH3 is 1. The second-order valence-electron chi connectivity index (χ2n) is 7.07. The Hall–Kier alpha value is -3.63. The number of nitrogens with zero attached hydrogens (tertiary/aromatic N) is 2. The number of benzene rings is 2. The van der Waals surface area contributed by atoms with Gasteiger partial charge in [-0.25, -0.2) is 9.78 Å². The molecule has 10 nitrogen and oxygen atoms in total. The van der Waals surface area contributed by atoms with Crippen molar-refractivity contribution in [1.29, 1.82) is 0 Å². The molecule has 3 rings (SSSR count). The van der Waals surface area contributed by atoms with Gasteiger partial charge in [0.1, 0.15) is 11.3 Å². The van der Waals surface area contributed by atoms with Crippen molar-refractivity contribution in [3.8, 4) is 11.5 Å². The van der Waals surface area contributed by atoms with Crippen molar-refractivity contribution in [2.45, 2.75) is 20.0 Å². The van der Waals surface area contributed by atoms with Crippen molar-refractivity contribution in [3.05, 3.63) is 62.3 Å². The van der Waals surface area contributed by atoms with Crippen LogP contribution in [-0.2, 0) is 14.3 Å². The molecule has 1 N–H and O–H groups in total. The largest absolute Gasteiger partial charge is 0.495 e. The average Bonchev–Trinajstić information content (AvgIpc) is 2.78. The molecule has 1 atom stereocenters. The van der Waals surface area contributed by atoms with E-state index >= 15 is 0 Å². The van der Waals surface area contributed by atoms with Crippen molar-refractivity contribution in [1.82, 2.24) is 4.98 Å². The zero-order chi connectivity index (χ0) is 25.0. The number of fused-ring (bicyclic) bond motifs is 1. The molecule has 0 aliphatic carbocycles.